The first-order valence-corrected chi connectivity index (χ1v) is 6.38. The maximum atomic E-state index is 11.9. The SMILES string of the molecule is CC(C)(C)C(=O)NC1=COC=C(C2=CC=CCC2)O1. The summed E-state index contributed by atoms with van der Waals surface area (Å²) in [6.45, 7) is 5.54. The highest BCUT2D eigenvalue weighted by molar-refractivity contribution is 5.82. The molecule has 0 aromatic carbocycles. The highest BCUT2D eigenvalue weighted by Crippen LogP contribution is 2.25. The molecule has 102 valence electrons. The average molecular weight is 261 g/mol. The molecule has 0 bridgehead atoms. The number of allylic oxidation sites excluding steroid dienone is 4. The molecule has 19 heavy (non-hydrogen) atoms. The first kappa shape index (κ1) is 13.5. The molecule has 1 heterocycles. The number of hydrogen-bond acceptors (Lipinski definition) is 3. The van der Waals surface area contributed by atoms with Crippen molar-refractivity contribution < 1.29 is 14.3 Å². The topological polar surface area (TPSA) is 47.6 Å². The van der Waals surface area contributed by atoms with Gasteiger partial charge in [-0.2, -0.15) is 0 Å². The Morgan fingerprint density at radius 3 is 2.74 bits per heavy atom. The molecule has 0 spiro atoms. The summed E-state index contributed by atoms with van der Waals surface area (Å²) in [5, 5.41) is 2.72. The number of amides is 1. The van der Waals surface area contributed by atoms with Gasteiger partial charge in [-0.3, -0.25) is 10.1 Å². The number of carbonyl (C=O) groups excluding carboxylic acids is 1. The summed E-state index contributed by atoms with van der Waals surface area (Å²) >= 11 is 0. The van der Waals surface area contributed by atoms with Gasteiger partial charge < -0.3 is 9.47 Å². The molecule has 1 N–H and O–H groups in total. The highest BCUT2D eigenvalue weighted by atomic mass is 16.6. The average Bonchev–Trinajstić information content (AvgIpc) is 2.39. The summed E-state index contributed by atoms with van der Waals surface area (Å²) in [6.07, 6.45) is 10.9. The van der Waals surface area contributed by atoms with Crippen molar-refractivity contribution in [2.45, 2.75) is 33.6 Å². The molecule has 2 aliphatic rings. The van der Waals surface area contributed by atoms with Gasteiger partial charge in [-0.05, 0) is 18.4 Å². The van der Waals surface area contributed by atoms with E-state index in [1.807, 2.05) is 32.9 Å². The van der Waals surface area contributed by atoms with Crippen molar-refractivity contribution in [3.05, 3.63) is 48.0 Å². The van der Waals surface area contributed by atoms with Crippen LogP contribution in [0.5, 0.6) is 0 Å². The van der Waals surface area contributed by atoms with Gasteiger partial charge >= 0.3 is 0 Å². The van der Waals surface area contributed by atoms with E-state index in [1.54, 1.807) is 6.26 Å². The summed E-state index contributed by atoms with van der Waals surface area (Å²) in [5.41, 5.74) is 0.594. The van der Waals surface area contributed by atoms with Gasteiger partial charge in [0.2, 0.25) is 11.8 Å². The van der Waals surface area contributed by atoms with E-state index in [2.05, 4.69) is 11.4 Å². The number of carbonyl (C=O) groups is 1. The molecule has 0 atom stereocenters. The van der Waals surface area contributed by atoms with Crippen LogP contribution >= 0.6 is 0 Å². The van der Waals surface area contributed by atoms with Gasteiger partial charge in [0, 0.05) is 5.41 Å². The van der Waals surface area contributed by atoms with Crippen molar-refractivity contribution in [1.82, 2.24) is 5.32 Å². The first-order valence-electron chi connectivity index (χ1n) is 6.38. The summed E-state index contributed by atoms with van der Waals surface area (Å²) in [5.74, 6) is 0.866. The third-order valence-electron chi connectivity index (χ3n) is 2.82. The predicted molar refractivity (Wildman–Crippen MR) is 72.4 cm³/mol. The van der Waals surface area contributed by atoms with E-state index < -0.39 is 5.41 Å². The van der Waals surface area contributed by atoms with Crippen molar-refractivity contribution in [2.75, 3.05) is 0 Å². The fourth-order valence-electron chi connectivity index (χ4n) is 1.63. The van der Waals surface area contributed by atoms with E-state index in [0.29, 0.717) is 11.6 Å². The van der Waals surface area contributed by atoms with E-state index in [0.717, 1.165) is 18.4 Å². The fraction of sp³-hybridized carbons (Fsp3) is 0.400. The number of hydrogen-bond donors (Lipinski definition) is 1. The van der Waals surface area contributed by atoms with Gasteiger partial charge in [0.1, 0.15) is 6.26 Å². The molecule has 0 unspecified atom stereocenters. The fourth-order valence-corrected chi connectivity index (χ4v) is 1.63. The van der Waals surface area contributed by atoms with Crippen LogP contribution in [0.1, 0.15) is 33.6 Å². The molecule has 0 aromatic rings. The smallest absolute Gasteiger partial charge is 0.235 e. The van der Waals surface area contributed by atoms with Gasteiger partial charge in [0.25, 0.3) is 0 Å². The van der Waals surface area contributed by atoms with Crippen LogP contribution < -0.4 is 5.32 Å². The standard InChI is InChI=1S/C15H19NO3/c1-15(2,3)14(17)16-13-10-18-9-12(19-13)11-7-5-4-6-8-11/h4-5,7,9-10H,6,8H2,1-3H3,(H,16,17). The van der Waals surface area contributed by atoms with Crippen LogP contribution in [0.3, 0.4) is 0 Å². The Kier molecular flexibility index (Phi) is 3.79. The molecule has 0 aromatic heterocycles. The second-order valence-electron chi connectivity index (χ2n) is 5.57. The van der Waals surface area contributed by atoms with Crippen molar-refractivity contribution in [1.29, 1.82) is 0 Å². The van der Waals surface area contributed by atoms with E-state index in [-0.39, 0.29) is 5.91 Å². The number of nitrogens with one attached hydrogen (secondary N) is 1. The second-order valence-corrected chi connectivity index (χ2v) is 5.57. The van der Waals surface area contributed by atoms with Crippen molar-refractivity contribution in [3.8, 4) is 0 Å². The van der Waals surface area contributed by atoms with Crippen LogP contribution in [-0.2, 0) is 14.3 Å². The maximum absolute atomic E-state index is 11.9. The third kappa shape index (κ3) is 3.50. The molecular formula is C15H19NO3. The van der Waals surface area contributed by atoms with Gasteiger partial charge in [-0.15, -0.1) is 0 Å². The molecule has 2 rings (SSSR count). The lowest BCUT2D eigenvalue weighted by atomic mass is 9.96. The van der Waals surface area contributed by atoms with Crippen LogP contribution in [0.4, 0.5) is 0 Å². The lowest BCUT2D eigenvalue weighted by Gasteiger charge is -2.22. The predicted octanol–water partition coefficient (Wildman–Crippen LogP) is 3.11. The Hall–Kier alpha value is -1.97. The zero-order valence-corrected chi connectivity index (χ0v) is 11.5. The normalized spacial score (nSPS) is 18.6. The Morgan fingerprint density at radius 1 is 1.32 bits per heavy atom. The highest BCUT2D eigenvalue weighted by Gasteiger charge is 2.24. The maximum Gasteiger partial charge on any atom is 0.235 e. The summed E-state index contributed by atoms with van der Waals surface area (Å²) in [4.78, 5) is 11.9. The summed E-state index contributed by atoms with van der Waals surface area (Å²) in [7, 11) is 0. The van der Waals surface area contributed by atoms with Gasteiger partial charge in [0.05, 0.1) is 0 Å². The molecule has 0 fully saturated rings. The number of rotatable bonds is 2. The third-order valence-corrected chi connectivity index (χ3v) is 2.82. The Bertz CT molecular complexity index is 490. The molecule has 0 saturated carbocycles. The van der Waals surface area contributed by atoms with Crippen LogP contribution in [0.15, 0.2) is 48.0 Å². The van der Waals surface area contributed by atoms with Crippen LogP contribution in [0, 0.1) is 5.41 Å². The molecule has 0 saturated heterocycles. The minimum atomic E-state index is -0.474. The lowest BCUT2D eigenvalue weighted by Crippen LogP contribution is -2.35. The molecule has 1 amide bonds. The molecular weight excluding hydrogens is 242 g/mol. The lowest BCUT2D eigenvalue weighted by molar-refractivity contribution is -0.128. The van der Waals surface area contributed by atoms with Gasteiger partial charge in [0.15, 0.2) is 12.0 Å². The zero-order chi connectivity index (χ0) is 13.9. The Balaban J connectivity index is 2.00. The van der Waals surface area contributed by atoms with Crippen LogP contribution in [0.2, 0.25) is 0 Å². The van der Waals surface area contributed by atoms with E-state index in [1.165, 1.54) is 6.26 Å². The molecule has 4 nitrogen and oxygen atoms in total. The second kappa shape index (κ2) is 5.34. The van der Waals surface area contributed by atoms with Crippen molar-refractivity contribution >= 4 is 5.91 Å². The van der Waals surface area contributed by atoms with Crippen LogP contribution in [-0.4, -0.2) is 5.91 Å². The Morgan fingerprint density at radius 2 is 2.11 bits per heavy atom. The van der Waals surface area contributed by atoms with E-state index >= 15 is 0 Å². The monoisotopic (exact) mass is 261 g/mol. The zero-order valence-electron chi connectivity index (χ0n) is 11.5. The molecule has 1 aliphatic carbocycles. The van der Waals surface area contributed by atoms with Crippen molar-refractivity contribution in [3.63, 3.8) is 0 Å². The Labute approximate surface area is 113 Å². The van der Waals surface area contributed by atoms with Crippen LogP contribution in [0.25, 0.3) is 0 Å². The molecule has 0 radical (unpaired) electrons. The van der Waals surface area contributed by atoms with E-state index in [9.17, 15) is 4.79 Å². The van der Waals surface area contributed by atoms with Crippen molar-refractivity contribution in [2.24, 2.45) is 5.41 Å². The molecule has 1 aliphatic heterocycles. The summed E-state index contributed by atoms with van der Waals surface area (Å²) in [6, 6.07) is 0. The quantitative estimate of drug-likeness (QED) is 0.830. The van der Waals surface area contributed by atoms with Gasteiger partial charge in [-0.25, -0.2) is 0 Å². The minimum Gasteiger partial charge on any atom is -0.463 e. The number of ether oxygens (including phenoxy) is 2. The first-order chi connectivity index (χ1) is 8.97. The molecule has 4 heteroatoms. The van der Waals surface area contributed by atoms with E-state index in [4.69, 9.17) is 9.47 Å². The largest absolute Gasteiger partial charge is 0.463 e. The summed E-state index contributed by atoms with van der Waals surface area (Å²) < 4.78 is 10.9. The van der Waals surface area contributed by atoms with Gasteiger partial charge in [-0.1, -0.05) is 39.0 Å². The minimum absolute atomic E-state index is 0.110.